The van der Waals surface area contributed by atoms with E-state index in [2.05, 4.69) is 25.3 Å². The van der Waals surface area contributed by atoms with Gasteiger partial charge in [-0.15, -0.1) is 0 Å². The van der Waals surface area contributed by atoms with Crippen molar-refractivity contribution in [1.82, 2.24) is 20.6 Å². The SMILES string of the molecule is COC(=O)C(C)OC(=O)CNC(=O)c1ncc(C(=O)NC(c2ccccc2)c2ccccc2)c(=O)[nH]1. The Bertz CT molecular complexity index is 1250. The van der Waals surface area contributed by atoms with Crippen LogP contribution in [0.5, 0.6) is 0 Å². The molecule has 1 atom stereocenters. The molecule has 36 heavy (non-hydrogen) atoms. The number of esters is 2. The second-order valence-electron chi connectivity index (χ2n) is 7.54. The topological polar surface area (TPSA) is 157 Å². The summed E-state index contributed by atoms with van der Waals surface area (Å²) in [5, 5.41) is 5.04. The number of nitrogens with zero attached hydrogens (tertiary/aromatic N) is 1. The van der Waals surface area contributed by atoms with Crippen LogP contribution in [0.25, 0.3) is 0 Å². The third-order valence-corrected chi connectivity index (χ3v) is 5.03. The quantitative estimate of drug-likeness (QED) is 0.375. The lowest BCUT2D eigenvalue weighted by molar-refractivity contribution is -0.163. The lowest BCUT2D eigenvalue weighted by atomic mass is 9.98. The molecule has 0 bridgehead atoms. The fourth-order valence-electron chi connectivity index (χ4n) is 3.22. The average molecular weight is 492 g/mol. The molecule has 2 aromatic carbocycles. The number of hydrogen-bond acceptors (Lipinski definition) is 8. The van der Waals surface area contributed by atoms with Crippen LogP contribution < -0.4 is 16.2 Å². The summed E-state index contributed by atoms with van der Waals surface area (Å²) in [5.41, 5.74) is 0.487. The van der Waals surface area contributed by atoms with Gasteiger partial charge in [0.2, 0.25) is 0 Å². The summed E-state index contributed by atoms with van der Waals surface area (Å²) in [7, 11) is 1.14. The molecule has 1 heterocycles. The maximum atomic E-state index is 12.9. The van der Waals surface area contributed by atoms with Crippen LogP contribution in [0.15, 0.2) is 71.7 Å². The van der Waals surface area contributed by atoms with E-state index in [4.69, 9.17) is 4.74 Å². The van der Waals surface area contributed by atoms with Gasteiger partial charge < -0.3 is 25.1 Å². The second-order valence-corrected chi connectivity index (χ2v) is 7.54. The molecule has 1 unspecified atom stereocenters. The Balaban J connectivity index is 1.68. The van der Waals surface area contributed by atoms with Crippen LogP contribution in [0, 0.1) is 0 Å². The Morgan fingerprint density at radius 2 is 1.53 bits per heavy atom. The summed E-state index contributed by atoms with van der Waals surface area (Å²) < 4.78 is 9.24. The first-order valence-electron chi connectivity index (χ1n) is 10.9. The van der Waals surface area contributed by atoms with Gasteiger partial charge in [-0.1, -0.05) is 60.7 Å². The van der Waals surface area contributed by atoms with E-state index in [1.165, 1.54) is 6.92 Å². The number of benzene rings is 2. The number of methoxy groups -OCH3 is 1. The molecule has 0 aliphatic rings. The van der Waals surface area contributed by atoms with Crippen LogP contribution in [-0.2, 0) is 19.1 Å². The lowest BCUT2D eigenvalue weighted by Gasteiger charge is -2.19. The number of carbonyl (C=O) groups excluding carboxylic acids is 4. The first kappa shape index (κ1) is 25.8. The fraction of sp³-hybridized carbons (Fsp3) is 0.200. The zero-order valence-corrected chi connectivity index (χ0v) is 19.5. The molecule has 0 saturated carbocycles. The largest absolute Gasteiger partial charge is 0.466 e. The monoisotopic (exact) mass is 492 g/mol. The number of hydrogen-bond donors (Lipinski definition) is 3. The van der Waals surface area contributed by atoms with Crippen LogP contribution in [0.3, 0.4) is 0 Å². The number of aromatic amines is 1. The van der Waals surface area contributed by atoms with E-state index in [0.717, 1.165) is 24.4 Å². The zero-order valence-electron chi connectivity index (χ0n) is 19.5. The molecule has 1 aromatic heterocycles. The Morgan fingerprint density at radius 3 is 2.06 bits per heavy atom. The molecule has 0 saturated heterocycles. The molecule has 3 N–H and O–H groups in total. The Morgan fingerprint density at radius 1 is 0.944 bits per heavy atom. The van der Waals surface area contributed by atoms with Crippen LogP contribution >= 0.6 is 0 Å². The predicted octanol–water partition coefficient (Wildman–Crippen LogP) is 1.12. The van der Waals surface area contributed by atoms with Gasteiger partial charge >= 0.3 is 11.9 Å². The van der Waals surface area contributed by atoms with Crippen molar-refractivity contribution in [1.29, 1.82) is 0 Å². The van der Waals surface area contributed by atoms with Crippen LogP contribution in [0.4, 0.5) is 0 Å². The molecule has 11 nitrogen and oxygen atoms in total. The minimum atomic E-state index is -1.15. The van der Waals surface area contributed by atoms with Gasteiger partial charge in [0.1, 0.15) is 12.1 Å². The molecule has 3 aromatic rings. The fourth-order valence-corrected chi connectivity index (χ4v) is 3.22. The summed E-state index contributed by atoms with van der Waals surface area (Å²) in [5.74, 6) is -3.63. The van der Waals surface area contributed by atoms with Crippen LogP contribution in [0.1, 0.15) is 45.1 Å². The van der Waals surface area contributed by atoms with E-state index in [-0.39, 0.29) is 5.56 Å². The van der Waals surface area contributed by atoms with E-state index in [0.29, 0.717) is 0 Å². The van der Waals surface area contributed by atoms with Crippen LogP contribution in [-0.4, -0.2) is 53.5 Å². The molecule has 0 aliphatic carbocycles. The van der Waals surface area contributed by atoms with Crippen molar-refractivity contribution in [3.8, 4) is 0 Å². The maximum absolute atomic E-state index is 12.9. The number of H-pyrrole nitrogens is 1. The molecule has 11 heteroatoms. The summed E-state index contributed by atoms with van der Waals surface area (Å²) in [6.45, 7) is 0.733. The molecule has 2 amide bonds. The number of rotatable bonds is 9. The van der Waals surface area contributed by atoms with E-state index >= 15 is 0 Å². The minimum Gasteiger partial charge on any atom is -0.466 e. The molecular formula is C25H24N4O7. The van der Waals surface area contributed by atoms with Gasteiger partial charge in [0.15, 0.2) is 11.9 Å². The summed E-state index contributed by atoms with van der Waals surface area (Å²) in [4.78, 5) is 66.9. The zero-order chi connectivity index (χ0) is 26.1. The molecule has 3 rings (SSSR count). The van der Waals surface area contributed by atoms with Crippen molar-refractivity contribution >= 4 is 23.8 Å². The molecular weight excluding hydrogens is 468 g/mol. The number of ether oxygens (including phenoxy) is 2. The molecule has 0 aliphatic heterocycles. The highest BCUT2D eigenvalue weighted by atomic mass is 16.6. The van der Waals surface area contributed by atoms with Gasteiger partial charge in [0.25, 0.3) is 17.4 Å². The molecule has 0 spiro atoms. The van der Waals surface area contributed by atoms with Gasteiger partial charge in [-0.2, -0.15) is 0 Å². The highest BCUT2D eigenvalue weighted by Crippen LogP contribution is 2.22. The Kier molecular flexibility index (Phi) is 8.65. The number of nitrogens with one attached hydrogen (secondary N) is 3. The van der Waals surface area contributed by atoms with Crippen molar-refractivity contribution in [2.75, 3.05) is 13.7 Å². The van der Waals surface area contributed by atoms with Crippen molar-refractivity contribution in [3.05, 3.63) is 99.7 Å². The van der Waals surface area contributed by atoms with Crippen molar-refractivity contribution in [3.63, 3.8) is 0 Å². The predicted molar refractivity (Wildman–Crippen MR) is 127 cm³/mol. The van der Waals surface area contributed by atoms with E-state index in [9.17, 15) is 24.0 Å². The number of aromatic nitrogens is 2. The summed E-state index contributed by atoms with van der Waals surface area (Å²) in [6, 6.07) is 17.9. The van der Waals surface area contributed by atoms with Crippen molar-refractivity contribution in [2.45, 2.75) is 19.1 Å². The molecule has 186 valence electrons. The smallest absolute Gasteiger partial charge is 0.346 e. The van der Waals surface area contributed by atoms with Gasteiger partial charge in [-0.05, 0) is 18.1 Å². The molecule has 0 fully saturated rings. The van der Waals surface area contributed by atoms with Crippen molar-refractivity contribution < 1.29 is 28.7 Å². The van der Waals surface area contributed by atoms with Crippen molar-refractivity contribution in [2.24, 2.45) is 0 Å². The van der Waals surface area contributed by atoms with Gasteiger partial charge in [0.05, 0.1) is 13.2 Å². The number of amides is 2. The van der Waals surface area contributed by atoms with E-state index in [1.54, 1.807) is 0 Å². The van der Waals surface area contributed by atoms with E-state index < -0.39 is 53.8 Å². The average Bonchev–Trinajstić information content (AvgIpc) is 2.90. The summed E-state index contributed by atoms with van der Waals surface area (Å²) >= 11 is 0. The Hall–Kier alpha value is -4.80. The maximum Gasteiger partial charge on any atom is 0.346 e. The standard InChI is InChI=1S/C25H24N4O7/c1-15(25(34)35-2)36-19(30)14-27-24(33)21-26-13-18(23(32)29-21)22(31)28-20(16-9-5-3-6-10-16)17-11-7-4-8-12-17/h3-13,15,20H,14H2,1-2H3,(H,27,33)(H,28,31)(H,26,29,32). The number of carbonyl (C=O) groups is 4. The van der Waals surface area contributed by atoms with Gasteiger partial charge in [-0.25, -0.2) is 9.78 Å². The second kappa shape index (κ2) is 12.1. The highest BCUT2D eigenvalue weighted by molar-refractivity contribution is 5.96. The van der Waals surface area contributed by atoms with Crippen LogP contribution in [0.2, 0.25) is 0 Å². The Labute approximate surface area is 205 Å². The first-order valence-corrected chi connectivity index (χ1v) is 10.9. The van der Waals surface area contributed by atoms with Gasteiger partial charge in [0, 0.05) is 6.20 Å². The highest BCUT2D eigenvalue weighted by Gasteiger charge is 2.22. The van der Waals surface area contributed by atoms with Gasteiger partial charge in [-0.3, -0.25) is 19.2 Å². The van der Waals surface area contributed by atoms with E-state index in [1.807, 2.05) is 60.7 Å². The minimum absolute atomic E-state index is 0.297. The third-order valence-electron chi connectivity index (χ3n) is 5.03. The third kappa shape index (κ3) is 6.63. The normalized spacial score (nSPS) is 11.3. The summed E-state index contributed by atoms with van der Waals surface area (Å²) in [6.07, 6.45) is -0.168. The lowest BCUT2D eigenvalue weighted by Crippen LogP contribution is -2.37. The first-order chi connectivity index (χ1) is 17.3. The molecule has 0 radical (unpaired) electrons.